The van der Waals surface area contributed by atoms with Crippen molar-refractivity contribution in [3.8, 4) is 11.1 Å². The first-order valence-corrected chi connectivity index (χ1v) is 9.37. The lowest BCUT2D eigenvalue weighted by molar-refractivity contribution is 0.317. The molecule has 0 aliphatic rings. The molecular weight excluding hydrogens is 360 g/mol. The Morgan fingerprint density at radius 2 is 1.41 bits per heavy atom. The largest absolute Gasteiger partial charge is 0.411 e. The molecule has 0 amide bonds. The zero-order valence-electron chi connectivity index (χ0n) is 15.8. The Morgan fingerprint density at radius 3 is 2.07 bits per heavy atom. The highest BCUT2D eigenvalue weighted by molar-refractivity contribution is 6.00. The average Bonchev–Trinajstić information content (AvgIpc) is 2.82. The first kappa shape index (κ1) is 18.5. The van der Waals surface area contributed by atoms with E-state index in [-0.39, 0.29) is 5.92 Å². The molecule has 0 fully saturated rings. The summed E-state index contributed by atoms with van der Waals surface area (Å²) in [7, 11) is 0. The van der Waals surface area contributed by atoms with Crippen LogP contribution in [0.1, 0.15) is 29.0 Å². The van der Waals surface area contributed by atoms with E-state index >= 15 is 0 Å². The molecule has 2 heterocycles. The Bertz CT molecular complexity index is 1070. The number of benzene rings is 2. The molecular formula is C24H20N4O. The van der Waals surface area contributed by atoms with Crippen LogP contribution in [-0.4, -0.2) is 25.9 Å². The summed E-state index contributed by atoms with van der Waals surface area (Å²) >= 11 is 0. The molecule has 0 radical (unpaired) electrons. The van der Waals surface area contributed by atoms with Crippen molar-refractivity contribution in [3.63, 3.8) is 0 Å². The zero-order valence-corrected chi connectivity index (χ0v) is 15.8. The van der Waals surface area contributed by atoms with Crippen LogP contribution >= 0.6 is 0 Å². The predicted molar refractivity (Wildman–Crippen MR) is 113 cm³/mol. The van der Waals surface area contributed by atoms with Crippen molar-refractivity contribution in [2.45, 2.75) is 12.3 Å². The smallest absolute Gasteiger partial charge is 0.115 e. The van der Waals surface area contributed by atoms with Gasteiger partial charge < -0.3 is 5.21 Å². The molecule has 5 nitrogen and oxygen atoms in total. The molecule has 142 valence electrons. The Labute approximate surface area is 169 Å². The summed E-state index contributed by atoms with van der Waals surface area (Å²) < 4.78 is 0. The van der Waals surface area contributed by atoms with Crippen molar-refractivity contribution >= 4 is 5.71 Å². The van der Waals surface area contributed by atoms with Crippen LogP contribution in [-0.2, 0) is 0 Å². The van der Waals surface area contributed by atoms with E-state index in [9.17, 15) is 5.21 Å². The maximum Gasteiger partial charge on any atom is 0.115 e. The molecule has 1 unspecified atom stereocenters. The molecule has 0 aliphatic carbocycles. The minimum Gasteiger partial charge on any atom is -0.411 e. The normalized spacial score (nSPS) is 12.5. The molecule has 4 rings (SSSR count). The van der Waals surface area contributed by atoms with Crippen LogP contribution in [0.25, 0.3) is 11.1 Å². The Kier molecular flexibility index (Phi) is 5.67. The number of pyridine rings is 1. The van der Waals surface area contributed by atoms with Crippen LogP contribution in [0.4, 0.5) is 0 Å². The number of oxime groups is 1. The topological polar surface area (TPSA) is 71.3 Å². The van der Waals surface area contributed by atoms with Gasteiger partial charge in [-0.05, 0) is 28.8 Å². The highest BCUT2D eigenvalue weighted by atomic mass is 16.4. The van der Waals surface area contributed by atoms with Gasteiger partial charge in [0.05, 0.1) is 5.71 Å². The van der Waals surface area contributed by atoms with E-state index in [0.29, 0.717) is 12.1 Å². The van der Waals surface area contributed by atoms with Crippen LogP contribution in [0, 0.1) is 0 Å². The summed E-state index contributed by atoms with van der Waals surface area (Å²) in [4.78, 5) is 12.2. The average molecular weight is 380 g/mol. The monoisotopic (exact) mass is 380 g/mol. The number of rotatable bonds is 6. The van der Waals surface area contributed by atoms with Gasteiger partial charge in [0.2, 0.25) is 0 Å². The van der Waals surface area contributed by atoms with E-state index in [0.717, 1.165) is 22.3 Å². The summed E-state index contributed by atoms with van der Waals surface area (Å²) in [5, 5.41) is 13.3. The number of nitrogens with zero attached hydrogens (tertiary/aromatic N) is 4. The number of hydrogen-bond acceptors (Lipinski definition) is 5. The predicted octanol–water partition coefficient (Wildman–Crippen LogP) is 4.94. The first-order chi connectivity index (χ1) is 14.3. The summed E-state index contributed by atoms with van der Waals surface area (Å²) in [6, 6.07) is 22.4. The second kappa shape index (κ2) is 8.89. The van der Waals surface area contributed by atoms with E-state index in [1.54, 1.807) is 24.8 Å². The maximum absolute atomic E-state index is 9.67. The Hall–Kier alpha value is -3.86. The van der Waals surface area contributed by atoms with Crippen molar-refractivity contribution in [1.82, 2.24) is 15.0 Å². The van der Waals surface area contributed by atoms with Crippen LogP contribution < -0.4 is 0 Å². The number of hydrogen-bond donors (Lipinski definition) is 1. The Morgan fingerprint density at radius 1 is 0.759 bits per heavy atom. The Balaban J connectivity index is 1.68. The van der Waals surface area contributed by atoms with Crippen molar-refractivity contribution < 1.29 is 5.21 Å². The lowest BCUT2D eigenvalue weighted by atomic mass is 9.85. The lowest BCUT2D eigenvalue weighted by Crippen LogP contribution is -2.10. The molecule has 29 heavy (non-hydrogen) atoms. The van der Waals surface area contributed by atoms with E-state index < -0.39 is 0 Å². The highest BCUT2D eigenvalue weighted by Gasteiger charge is 2.19. The summed E-state index contributed by atoms with van der Waals surface area (Å²) in [5.74, 6) is 0.0522. The van der Waals surface area contributed by atoms with Gasteiger partial charge in [-0.15, -0.1) is 0 Å². The zero-order chi connectivity index (χ0) is 19.9. The summed E-state index contributed by atoms with van der Waals surface area (Å²) in [6.45, 7) is 0. The number of aromatic nitrogens is 3. The van der Waals surface area contributed by atoms with E-state index in [1.807, 2.05) is 30.3 Å². The van der Waals surface area contributed by atoms with Gasteiger partial charge in [-0.1, -0.05) is 59.8 Å². The van der Waals surface area contributed by atoms with Gasteiger partial charge in [-0.3, -0.25) is 4.98 Å². The molecule has 0 spiro atoms. The van der Waals surface area contributed by atoms with E-state index in [2.05, 4.69) is 56.5 Å². The van der Waals surface area contributed by atoms with Gasteiger partial charge in [-0.25, -0.2) is 9.97 Å². The minimum atomic E-state index is 0.0522. The minimum absolute atomic E-state index is 0.0522. The fraction of sp³-hybridized carbons (Fsp3) is 0.0833. The van der Waals surface area contributed by atoms with Gasteiger partial charge in [-0.2, -0.15) is 0 Å². The second-order valence-electron chi connectivity index (χ2n) is 6.70. The van der Waals surface area contributed by atoms with Gasteiger partial charge in [0.15, 0.2) is 0 Å². The van der Waals surface area contributed by atoms with E-state index in [4.69, 9.17) is 0 Å². The van der Waals surface area contributed by atoms with Gasteiger partial charge >= 0.3 is 0 Å². The van der Waals surface area contributed by atoms with E-state index in [1.165, 1.54) is 11.9 Å². The van der Waals surface area contributed by atoms with Gasteiger partial charge in [0, 0.05) is 48.3 Å². The fourth-order valence-corrected chi connectivity index (χ4v) is 3.42. The standard InChI is InChI=1S/C24H20N4O/c29-28-24(21-10-12-25-13-11-21)14-23(19-4-2-1-3-5-19)20-8-6-18(7-9-20)22-15-26-17-27-16-22/h1-13,15-17,23,29H,14H2/b28-24+. The van der Waals surface area contributed by atoms with Crippen molar-refractivity contribution in [3.05, 3.63) is 115 Å². The second-order valence-corrected chi connectivity index (χ2v) is 6.70. The van der Waals surface area contributed by atoms with Crippen LogP contribution in [0.3, 0.4) is 0 Å². The van der Waals surface area contributed by atoms with Crippen LogP contribution in [0.15, 0.2) is 103 Å². The van der Waals surface area contributed by atoms with Crippen molar-refractivity contribution in [1.29, 1.82) is 0 Å². The van der Waals surface area contributed by atoms with Crippen molar-refractivity contribution in [2.24, 2.45) is 5.16 Å². The molecule has 5 heteroatoms. The highest BCUT2D eigenvalue weighted by Crippen LogP contribution is 2.31. The molecule has 0 aliphatic heterocycles. The van der Waals surface area contributed by atoms with Gasteiger partial charge in [0.25, 0.3) is 0 Å². The third kappa shape index (κ3) is 4.35. The quantitative estimate of drug-likeness (QED) is 0.292. The fourth-order valence-electron chi connectivity index (χ4n) is 3.42. The summed E-state index contributed by atoms with van der Waals surface area (Å²) in [5.41, 5.74) is 5.84. The molecule has 2 aromatic carbocycles. The molecule has 0 bridgehead atoms. The molecule has 2 aromatic heterocycles. The third-order valence-corrected chi connectivity index (χ3v) is 4.94. The van der Waals surface area contributed by atoms with Gasteiger partial charge in [0.1, 0.15) is 6.33 Å². The maximum atomic E-state index is 9.67. The molecule has 1 N–H and O–H groups in total. The lowest BCUT2D eigenvalue weighted by Gasteiger charge is -2.19. The molecule has 0 saturated heterocycles. The van der Waals surface area contributed by atoms with Crippen molar-refractivity contribution in [2.75, 3.05) is 0 Å². The third-order valence-electron chi connectivity index (χ3n) is 4.94. The SMILES string of the molecule is O/N=C(\CC(c1ccccc1)c1ccc(-c2cncnc2)cc1)c1ccncc1. The summed E-state index contributed by atoms with van der Waals surface area (Å²) in [6.07, 6.45) is 9.10. The molecule has 1 atom stereocenters. The first-order valence-electron chi connectivity index (χ1n) is 9.37. The molecule has 4 aromatic rings. The molecule has 0 saturated carbocycles. The van der Waals surface area contributed by atoms with Crippen LogP contribution in [0.5, 0.6) is 0 Å². The van der Waals surface area contributed by atoms with Crippen LogP contribution in [0.2, 0.25) is 0 Å².